The summed E-state index contributed by atoms with van der Waals surface area (Å²) in [6.07, 6.45) is -0.00952. The molecule has 0 fully saturated rings. The van der Waals surface area contributed by atoms with E-state index in [9.17, 15) is 0 Å². The molecule has 1 aromatic heterocycles. The first-order valence-electron chi connectivity index (χ1n) is 5.16. The fourth-order valence-electron chi connectivity index (χ4n) is 1.82. The Hall–Kier alpha value is -0.900. The van der Waals surface area contributed by atoms with E-state index in [4.69, 9.17) is 27.9 Å². The molecular weight excluding hydrogens is 277 g/mol. The Morgan fingerprint density at radius 3 is 2.94 bits per heavy atom. The molecule has 1 aromatic carbocycles. The van der Waals surface area contributed by atoms with Crippen molar-refractivity contribution in [3.05, 3.63) is 44.6 Å². The van der Waals surface area contributed by atoms with Crippen LogP contribution < -0.4 is 10.1 Å². The Kier molecular flexibility index (Phi) is 2.90. The van der Waals surface area contributed by atoms with Crippen LogP contribution in [0.25, 0.3) is 0 Å². The summed E-state index contributed by atoms with van der Waals surface area (Å²) in [5, 5.41) is 6.02. The Morgan fingerprint density at radius 1 is 1.29 bits per heavy atom. The van der Waals surface area contributed by atoms with Crippen LogP contribution in [0.2, 0.25) is 9.36 Å². The second kappa shape index (κ2) is 4.41. The third kappa shape index (κ3) is 2.23. The first-order chi connectivity index (χ1) is 8.22. The second-order valence-corrected chi connectivity index (χ2v) is 5.79. The minimum atomic E-state index is -0.00952. The van der Waals surface area contributed by atoms with Crippen molar-refractivity contribution < 1.29 is 4.74 Å². The van der Waals surface area contributed by atoms with Crippen molar-refractivity contribution in [1.29, 1.82) is 0 Å². The summed E-state index contributed by atoms with van der Waals surface area (Å²) < 4.78 is 6.69. The maximum absolute atomic E-state index is 5.95. The molecule has 0 bridgehead atoms. The van der Waals surface area contributed by atoms with Crippen molar-refractivity contribution in [2.45, 2.75) is 6.10 Å². The minimum Gasteiger partial charge on any atom is -0.482 e. The predicted octanol–water partition coefficient (Wildman–Crippen LogP) is 4.60. The first kappa shape index (κ1) is 11.2. The fourth-order valence-corrected chi connectivity index (χ4v) is 2.91. The predicted molar refractivity (Wildman–Crippen MR) is 72.6 cm³/mol. The summed E-state index contributed by atoms with van der Waals surface area (Å²) in [6, 6.07) is 7.53. The van der Waals surface area contributed by atoms with E-state index in [0.29, 0.717) is 5.02 Å². The summed E-state index contributed by atoms with van der Waals surface area (Å²) in [4.78, 5) is 0. The average Bonchev–Trinajstić information content (AvgIpc) is 2.75. The number of thiophene rings is 1. The van der Waals surface area contributed by atoms with E-state index >= 15 is 0 Å². The van der Waals surface area contributed by atoms with E-state index in [1.807, 2.05) is 29.6 Å². The molecule has 1 N–H and O–H groups in total. The van der Waals surface area contributed by atoms with E-state index in [1.54, 1.807) is 0 Å². The number of hydrogen-bond acceptors (Lipinski definition) is 3. The molecule has 0 amide bonds. The fraction of sp³-hybridized carbons (Fsp3) is 0.167. The Balaban J connectivity index is 1.89. The van der Waals surface area contributed by atoms with Crippen molar-refractivity contribution in [3.63, 3.8) is 0 Å². The monoisotopic (exact) mass is 285 g/mol. The van der Waals surface area contributed by atoms with Crippen molar-refractivity contribution in [3.8, 4) is 5.75 Å². The molecule has 2 aromatic rings. The van der Waals surface area contributed by atoms with Gasteiger partial charge in [0.15, 0.2) is 0 Å². The molecule has 1 atom stereocenters. The van der Waals surface area contributed by atoms with Crippen LogP contribution in [0.4, 0.5) is 5.69 Å². The third-order valence-electron chi connectivity index (χ3n) is 2.65. The second-order valence-electron chi connectivity index (χ2n) is 3.81. The summed E-state index contributed by atoms with van der Waals surface area (Å²) in [5.74, 6) is 0.788. The van der Waals surface area contributed by atoms with Crippen LogP contribution in [0.15, 0.2) is 29.6 Å². The number of rotatable bonds is 1. The van der Waals surface area contributed by atoms with Gasteiger partial charge in [-0.3, -0.25) is 0 Å². The molecule has 2 heterocycles. The standard InChI is InChI=1S/C12H9Cl2NOS/c13-8-1-2-9-10(4-8)16-11(5-15-9)7-3-12(14)17-6-7/h1-4,6,11,15H,5H2. The molecule has 0 saturated heterocycles. The molecule has 1 aliphatic rings. The molecule has 0 aliphatic carbocycles. The summed E-state index contributed by atoms with van der Waals surface area (Å²) in [6.45, 7) is 0.738. The zero-order valence-corrected chi connectivity index (χ0v) is 11.1. The van der Waals surface area contributed by atoms with Crippen LogP contribution in [-0.4, -0.2) is 6.54 Å². The van der Waals surface area contributed by atoms with Gasteiger partial charge in [0.2, 0.25) is 0 Å². The highest BCUT2D eigenvalue weighted by Crippen LogP contribution is 2.37. The van der Waals surface area contributed by atoms with Gasteiger partial charge in [-0.15, -0.1) is 11.3 Å². The molecule has 1 unspecified atom stereocenters. The van der Waals surface area contributed by atoms with Crippen LogP contribution in [0, 0.1) is 0 Å². The van der Waals surface area contributed by atoms with E-state index in [-0.39, 0.29) is 6.10 Å². The van der Waals surface area contributed by atoms with E-state index in [1.165, 1.54) is 11.3 Å². The Morgan fingerprint density at radius 2 is 2.18 bits per heavy atom. The lowest BCUT2D eigenvalue weighted by atomic mass is 10.1. The highest BCUT2D eigenvalue weighted by atomic mass is 35.5. The molecule has 0 saturated carbocycles. The van der Waals surface area contributed by atoms with Crippen LogP contribution in [0.1, 0.15) is 11.7 Å². The lowest BCUT2D eigenvalue weighted by molar-refractivity contribution is 0.211. The van der Waals surface area contributed by atoms with Crippen LogP contribution in [0.5, 0.6) is 5.75 Å². The summed E-state index contributed by atoms with van der Waals surface area (Å²) in [5.41, 5.74) is 2.07. The highest BCUT2D eigenvalue weighted by Gasteiger charge is 2.21. The summed E-state index contributed by atoms with van der Waals surface area (Å²) in [7, 11) is 0. The maximum Gasteiger partial charge on any atom is 0.144 e. The molecule has 0 radical (unpaired) electrons. The van der Waals surface area contributed by atoms with Gasteiger partial charge in [-0.1, -0.05) is 23.2 Å². The van der Waals surface area contributed by atoms with E-state index in [0.717, 1.165) is 27.9 Å². The lowest BCUT2D eigenvalue weighted by Gasteiger charge is -2.27. The van der Waals surface area contributed by atoms with Gasteiger partial charge in [-0.2, -0.15) is 0 Å². The van der Waals surface area contributed by atoms with Crippen LogP contribution >= 0.6 is 34.5 Å². The van der Waals surface area contributed by atoms with E-state index < -0.39 is 0 Å². The molecule has 17 heavy (non-hydrogen) atoms. The lowest BCUT2D eigenvalue weighted by Crippen LogP contribution is -2.23. The van der Waals surface area contributed by atoms with Gasteiger partial charge in [0, 0.05) is 16.7 Å². The van der Waals surface area contributed by atoms with Crippen LogP contribution in [0.3, 0.4) is 0 Å². The van der Waals surface area contributed by atoms with Gasteiger partial charge in [-0.05, 0) is 23.6 Å². The number of benzene rings is 1. The zero-order chi connectivity index (χ0) is 11.8. The molecule has 1 aliphatic heterocycles. The smallest absolute Gasteiger partial charge is 0.144 e. The zero-order valence-electron chi connectivity index (χ0n) is 8.74. The summed E-state index contributed by atoms with van der Waals surface area (Å²) >= 11 is 13.4. The number of halogens is 2. The number of fused-ring (bicyclic) bond motifs is 1. The van der Waals surface area contributed by atoms with Gasteiger partial charge in [-0.25, -0.2) is 0 Å². The number of hydrogen-bond donors (Lipinski definition) is 1. The topological polar surface area (TPSA) is 21.3 Å². The molecule has 5 heteroatoms. The van der Waals surface area contributed by atoms with Crippen LogP contribution in [-0.2, 0) is 0 Å². The molecule has 88 valence electrons. The molecule has 3 rings (SSSR count). The molecule has 0 spiro atoms. The number of nitrogens with one attached hydrogen (secondary N) is 1. The number of anilines is 1. The van der Waals surface area contributed by atoms with Gasteiger partial charge >= 0.3 is 0 Å². The minimum absolute atomic E-state index is 0.00952. The van der Waals surface area contributed by atoms with Gasteiger partial charge in [0.05, 0.1) is 16.6 Å². The molecular formula is C12H9Cl2NOS. The van der Waals surface area contributed by atoms with Crippen molar-refractivity contribution in [2.75, 3.05) is 11.9 Å². The van der Waals surface area contributed by atoms with E-state index in [2.05, 4.69) is 5.32 Å². The maximum atomic E-state index is 5.95. The Labute approximate surface area is 113 Å². The van der Waals surface area contributed by atoms with Gasteiger partial charge < -0.3 is 10.1 Å². The Bertz CT molecular complexity index is 555. The quantitative estimate of drug-likeness (QED) is 0.827. The average molecular weight is 286 g/mol. The molecule has 2 nitrogen and oxygen atoms in total. The van der Waals surface area contributed by atoms with Crippen molar-refractivity contribution in [2.24, 2.45) is 0 Å². The SMILES string of the molecule is Clc1ccc2c(c1)OC(c1csc(Cl)c1)CN2. The van der Waals surface area contributed by atoms with Gasteiger partial charge in [0.1, 0.15) is 11.9 Å². The van der Waals surface area contributed by atoms with Crippen molar-refractivity contribution in [1.82, 2.24) is 0 Å². The normalized spacial score (nSPS) is 18.1. The third-order valence-corrected chi connectivity index (χ3v) is 3.99. The largest absolute Gasteiger partial charge is 0.482 e. The van der Waals surface area contributed by atoms with Gasteiger partial charge in [0.25, 0.3) is 0 Å². The van der Waals surface area contributed by atoms with Crippen molar-refractivity contribution >= 4 is 40.2 Å². The first-order valence-corrected chi connectivity index (χ1v) is 6.80. The number of ether oxygens (including phenoxy) is 1. The highest BCUT2D eigenvalue weighted by molar-refractivity contribution is 7.14.